The molecule has 0 saturated carbocycles. The summed E-state index contributed by atoms with van der Waals surface area (Å²) in [6.07, 6.45) is 3.43. The van der Waals surface area contributed by atoms with E-state index >= 15 is 0 Å². The lowest BCUT2D eigenvalue weighted by atomic mass is 10.0. The summed E-state index contributed by atoms with van der Waals surface area (Å²) < 4.78 is 7.08. The number of aromatic amines is 1. The van der Waals surface area contributed by atoms with Crippen LogP contribution in [-0.4, -0.2) is 32.7 Å². The van der Waals surface area contributed by atoms with Gasteiger partial charge in [-0.15, -0.1) is 0 Å². The topological polar surface area (TPSA) is 76.5 Å². The van der Waals surface area contributed by atoms with Gasteiger partial charge in [-0.1, -0.05) is 48.5 Å². The van der Waals surface area contributed by atoms with E-state index in [0.717, 1.165) is 22.0 Å². The van der Waals surface area contributed by atoms with E-state index in [2.05, 4.69) is 9.97 Å². The van der Waals surface area contributed by atoms with Crippen molar-refractivity contribution in [1.29, 1.82) is 0 Å². The normalized spacial score (nSPS) is 11.1. The van der Waals surface area contributed by atoms with E-state index in [1.165, 1.54) is 0 Å². The number of ketones is 1. The van der Waals surface area contributed by atoms with Crippen LogP contribution in [0.2, 0.25) is 0 Å². The number of Topliss-reactive ketones (excluding diaryl/α,β-unsaturated/α-hetero) is 1. The van der Waals surface area contributed by atoms with Gasteiger partial charge in [-0.2, -0.15) is 0 Å². The summed E-state index contributed by atoms with van der Waals surface area (Å²) in [6.45, 7) is 1.59. The zero-order chi connectivity index (χ0) is 21.4. The molecule has 6 heteroatoms. The first-order valence-corrected chi connectivity index (χ1v) is 9.92. The van der Waals surface area contributed by atoms with Crippen molar-refractivity contribution in [3.63, 3.8) is 0 Å². The highest BCUT2D eigenvalue weighted by Gasteiger charge is 2.21. The number of nitrogens with zero attached hydrogens (tertiary/aromatic N) is 2. The van der Waals surface area contributed by atoms with Crippen LogP contribution in [0.5, 0.6) is 0 Å². The van der Waals surface area contributed by atoms with Crippen molar-refractivity contribution in [3.05, 3.63) is 95.9 Å². The number of aromatic nitrogens is 3. The largest absolute Gasteiger partial charge is 0.453 e. The van der Waals surface area contributed by atoms with Gasteiger partial charge < -0.3 is 14.1 Å². The van der Waals surface area contributed by atoms with E-state index in [4.69, 9.17) is 4.74 Å². The molecule has 0 aliphatic rings. The Hall–Kier alpha value is -4.19. The maximum Gasteiger partial charge on any atom is 0.359 e. The molecule has 0 bridgehead atoms. The standard InChI is InChI=1S/C25H19N3O3/c1-16-11-12-28-14-20(26-22(28)13-16)25(30)31-15-21(29)23-18-9-5-6-10-19(18)27-24(23)17-7-3-2-4-8-17/h2-14,27H,15H2,1H3. The molecule has 0 atom stereocenters. The third kappa shape index (κ3) is 3.48. The molecule has 3 heterocycles. The molecule has 0 saturated heterocycles. The SMILES string of the molecule is Cc1ccn2cc(C(=O)OCC(=O)c3c(-c4ccccc4)[nH]c4ccccc34)nc2c1. The van der Waals surface area contributed by atoms with Gasteiger partial charge in [-0.25, -0.2) is 9.78 Å². The van der Waals surface area contributed by atoms with Crippen molar-refractivity contribution in [2.24, 2.45) is 0 Å². The second-order valence-corrected chi connectivity index (χ2v) is 7.38. The summed E-state index contributed by atoms with van der Waals surface area (Å²) >= 11 is 0. The van der Waals surface area contributed by atoms with Crippen molar-refractivity contribution in [2.75, 3.05) is 6.61 Å². The Balaban J connectivity index is 1.43. The van der Waals surface area contributed by atoms with E-state index in [9.17, 15) is 9.59 Å². The quantitative estimate of drug-likeness (QED) is 0.333. The van der Waals surface area contributed by atoms with Crippen molar-refractivity contribution in [3.8, 4) is 11.3 Å². The number of carbonyl (C=O) groups excluding carboxylic acids is 2. The van der Waals surface area contributed by atoms with Crippen molar-refractivity contribution in [1.82, 2.24) is 14.4 Å². The maximum absolute atomic E-state index is 13.1. The second kappa shape index (κ2) is 7.57. The molecular weight excluding hydrogens is 390 g/mol. The zero-order valence-electron chi connectivity index (χ0n) is 16.8. The molecule has 1 N–H and O–H groups in total. The van der Waals surface area contributed by atoms with Gasteiger partial charge in [0.05, 0.1) is 11.3 Å². The van der Waals surface area contributed by atoms with Gasteiger partial charge in [0.1, 0.15) is 5.65 Å². The summed E-state index contributed by atoms with van der Waals surface area (Å²) in [7, 11) is 0. The van der Waals surface area contributed by atoms with Crippen LogP contribution in [0.25, 0.3) is 27.8 Å². The van der Waals surface area contributed by atoms with Crippen LogP contribution in [-0.2, 0) is 4.74 Å². The van der Waals surface area contributed by atoms with Gasteiger partial charge in [0, 0.05) is 23.3 Å². The lowest BCUT2D eigenvalue weighted by molar-refractivity contribution is 0.0470. The van der Waals surface area contributed by atoms with Crippen molar-refractivity contribution in [2.45, 2.75) is 6.92 Å². The van der Waals surface area contributed by atoms with Gasteiger partial charge in [0.15, 0.2) is 12.3 Å². The van der Waals surface area contributed by atoms with E-state index in [0.29, 0.717) is 16.9 Å². The van der Waals surface area contributed by atoms with Crippen LogP contribution in [0.15, 0.2) is 79.1 Å². The summed E-state index contributed by atoms with van der Waals surface area (Å²) in [5.74, 6) is -0.903. The molecule has 6 nitrogen and oxygen atoms in total. The maximum atomic E-state index is 13.1. The minimum Gasteiger partial charge on any atom is -0.453 e. The molecule has 0 amide bonds. The molecule has 152 valence electrons. The number of nitrogens with one attached hydrogen (secondary N) is 1. The minimum absolute atomic E-state index is 0.167. The van der Waals surface area contributed by atoms with E-state index in [1.54, 1.807) is 10.6 Å². The first-order valence-electron chi connectivity index (χ1n) is 9.92. The lowest BCUT2D eigenvalue weighted by Gasteiger charge is -2.05. The number of rotatable bonds is 5. The number of para-hydroxylation sites is 1. The van der Waals surface area contributed by atoms with E-state index in [-0.39, 0.29) is 18.1 Å². The fraction of sp³-hybridized carbons (Fsp3) is 0.0800. The summed E-state index contributed by atoms with van der Waals surface area (Å²) in [6, 6.07) is 21.0. The van der Waals surface area contributed by atoms with Crippen molar-refractivity contribution >= 4 is 28.3 Å². The van der Waals surface area contributed by atoms with Crippen LogP contribution < -0.4 is 0 Å². The van der Waals surface area contributed by atoms with E-state index in [1.807, 2.05) is 79.9 Å². The molecule has 5 aromatic rings. The number of aryl methyl sites for hydroxylation is 1. The predicted octanol–water partition coefficient (Wildman–Crippen LogP) is 4.83. The second-order valence-electron chi connectivity index (χ2n) is 7.38. The number of fused-ring (bicyclic) bond motifs is 2. The summed E-state index contributed by atoms with van der Waals surface area (Å²) in [4.78, 5) is 33.3. The molecule has 0 radical (unpaired) electrons. The molecule has 3 aromatic heterocycles. The van der Waals surface area contributed by atoms with Crippen LogP contribution in [0.1, 0.15) is 26.4 Å². The number of imidazole rings is 1. The number of hydrogen-bond donors (Lipinski definition) is 1. The lowest BCUT2D eigenvalue weighted by Crippen LogP contribution is -2.15. The summed E-state index contributed by atoms with van der Waals surface area (Å²) in [5, 5.41) is 0.797. The highest BCUT2D eigenvalue weighted by molar-refractivity contribution is 6.14. The molecule has 0 spiro atoms. The molecule has 0 aliphatic carbocycles. The predicted molar refractivity (Wildman–Crippen MR) is 118 cm³/mol. The Labute approximate surface area is 178 Å². The van der Waals surface area contributed by atoms with Crippen molar-refractivity contribution < 1.29 is 14.3 Å². The fourth-order valence-electron chi connectivity index (χ4n) is 3.71. The third-order valence-electron chi connectivity index (χ3n) is 5.21. The zero-order valence-corrected chi connectivity index (χ0v) is 16.8. The number of hydrogen-bond acceptors (Lipinski definition) is 4. The number of carbonyl (C=O) groups is 2. The van der Waals surface area contributed by atoms with Gasteiger partial charge in [0.25, 0.3) is 0 Å². The van der Waals surface area contributed by atoms with E-state index < -0.39 is 5.97 Å². The highest BCUT2D eigenvalue weighted by atomic mass is 16.5. The first kappa shape index (κ1) is 18.8. The monoisotopic (exact) mass is 409 g/mol. The molecule has 0 fully saturated rings. The minimum atomic E-state index is -0.629. The Bertz CT molecular complexity index is 1430. The van der Waals surface area contributed by atoms with Gasteiger partial charge >= 0.3 is 5.97 Å². The average Bonchev–Trinajstić information content (AvgIpc) is 3.39. The molecule has 0 unspecified atom stereocenters. The summed E-state index contributed by atoms with van der Waals surface area (Å²) in [5.41, 5.74) is 4.84. The van der Waals surface area contributed by atoms with Gasteiger partial charge in [-0.3, -0.25) is 4.79 Å². The average molecular weight is 409 g/mol. The van der Waals surface area contributed by atoms with Crippen LogP contribution in [0.4, 0.5) is 0 Å². The number of ether oxygens (including phenoxy) is 1. The molecular formula is C25H19N3O3. The Morgan fingerprint density at radius 1 is 1.03 bits per heavy atom. The molecule has 2 aromatic carbocycles. The third-order valence-corrected chi connectivity index (χ3v) is 5.21. The number of pyridine rings is 1. The van der Waals surface area contributed by atoms with Crippen LogP contribution in [0.3, 0.4) is 0 Å². The smallest absolute Gasteiger partial charge is 0.359 e. The van der Waals surface area contributed by atoms with Gasteiger partial charge in [-0.05, 0) is 36.2 Å². The Morgan fingerprint density at radius 2 is 1.81 bits per heavy atom. The van der Waals surface area contributed by atoms with Crippen LogP contribution >= 0.6 is 0 Å². The number of benzene rings is 2. The number of H-pyrrole nitrogens is 1. The van der Waals surface area contributed by atoms with Crippen LogP contribution in [0, 0.1) is 6.92 Å². The Kier molecular flexibility index (Phi) is 4.59. The molecule has 5 rings (SSSR count). The fourth-order valence-corrected chi connectivity index (χ4v) is 3.71. The first-order chi connectivity index (χ1) is 15.1. The Morgan fingerprint density at radius 3 is 2.65 bits per heavy atom. The molecule has 0 aliphatic heterocycles. The molecule has 31 heavy (non-hydrogen) atoms. The van der Waals surface area contributed by atoms with Gasteiger partial charge in [0.2, 0.25) is 5.78 Å². The highest BCUT2D eigenvalue weighted by Crippen LogP contribution is 2.30. The number of esters is 1.